The highest BCUT2D eigenvalue weighted by molar-refractivity contribution is 5.84. The fraction of sp³-hybridized carbons (Fsp3) is 0.480. The molecule has 5 heteroatoms. The van der Waals surface area contributed by atoms with Crippen molar-refractivity contribution in [2.45, 2.75) is 38.5 Å². The third-order valence-electron chi connectivity index (χ3n) is 6.87. The molecule has 0 bridgehead atoms. The molecule has 0 atom stereocenters. The SMILES string of the molecule is CN(C)C(=O)C1(Cc2ccccc2-c2cccnc2)CCN(C(=O)C2CCC2)CC1. The Kier molecular flexibility index (Phi) is 5.89. The second-order valence-electron chi connectivity index (χ2n) is 9.01. The van der Waals surface area contributed by atoms with Crippen molar-refractivity contribution in [2.75, 3.05) is 27.2 Å². The molecular weight excluding hydrogens is 374 g/mol. The third-order valence-corrected chi connectivity index (χ3v) is 6.87. The van der Waals surface area contributed by atoms with Crippen LogP contribution in [-0.4, -0.2) is 53.8 Å². The van der Waals surface area contributed by atoms with E-state index in [0.29, 0.717) is 38.3 Å². The lowest BCUT2D eigenvalue weighted by atomic mass is 9.71. The predicted molar refractivity (Wildman–Crippen MR) is 118 cm³/mol. The lowest BCUT2D eigenvalue weighted by molar-refractivity contribution is -0.148. The zero-order valence-corrected chi connectivity index (χ0v) is 18.0. The van der Waals surface area contributed by atoms with E-state index in [2.05, 4.69) is 23.2 Å². The highest BCUT2D eigenvalue weighted by Crippen LogP contribution is 2.40. The Labute approximate surface area is 179 Å². The van der Waals surface area contributed by atoms with Crippen LogP contribution >= 0.6 is 0 Å². The summed E-state index contributed by atoms with van der Waals surface area (Å²) in [5, 5.41) is 0. The molecule has 2 fully saturated rings. The highest BCUT2D eigenvalue weighted by atomic mass is 16.2. The minimum Gasteiger partial charge on any atom is -0.348 e. The second-order valence-corrected chi connectivity index (χ2v) is 9.01. The number of carbonyl (C=O) groups is 2. The molecule has 1 aromatic heterocycles. The molecule has 2 amide bonds. The first-order valence-electron chi connectivity index (χ1n) is 11.0. The van der Waals surface area contributed by atoms with Crippen LogP contribution in [0.1, 0.15) is 37.7 Å². The molecule has 0 radical (unpaired) electrons. The number of nitrogens with zero attached hydrogens (tertiary/aromatic N) is 3. The summed E-state index contributed by atoms with van der Waals surface area (Å²) >= 11 is 0. The molecule has 4 rings (SSSR count). The summed E-state index contributed by atoms with van der Waals surface area (Å²) in [6, 6.07) is 12.3. The van der Waals surface area contributed by atoms with Crippen LogP contribution < -0.4 is 0 Å². The molecule has 5 nitrogen and oxygen atoms in total. The van der Waals surface area contributed by atoms with Crippen molar-refractivity contribution in [3.05, 3.63) is 54.4 Å². The molecule has 1 saturated carbocycles. The number of pyridine rings is 1. The summed E-state index contributed by atoms with van der Waals surface area (Å²) < 4.78 is 0. The van der Waals surface area contributed by atoms with Gasteiger partial charge in [0.25, 0.3) is 0 Å². The summed E-state index contributed by atoms with van der Waals surface area (Å²) in [5.41, 5.74) is 2.89. The summed E-state index contributed by atoms with van der Waals surface area (Å²) in [6.45, 7) is 1.34. The van der Waals surface area contributed by atoms with Crippen molar-refractivity contribution in [3.8, 4) is 11.1 Å². The van der Waals surface area contributed by atoms with Crippen LogP contribution in [-0.2, 0) is 16.0 Å². The van der Waals surface area contributed by atoms with Crippen molar-refractivity contribution >= 4 is 11.8 Å². The zero-order chi connectivity index (χ0) is 21.1. The standard InChI is InChI=1S/C25H31N3O2/c1-27(2)24(30)25(12-15-28(16-13-25)23(29)19-8-5-9-19)17-20-7-3-4-11-22(20)21-10-6-14-26-18-21/h3-4,6-7,10-11,14,18-19H,5,8-9,12-13,15-17H2,1-2H3. The van der Waals surface area contributed by atoms with Gasteiger partial charge in [-0.05, 0) is 49.3 Å². The maximum atomic E-state index is 13.4. The van der Waals surface area contributed by atoms with Gasteiger partial charge in [-0.1, -0.05) is 36.8 Å². The number of aromatic nitrogens is 1. The molecule has 158 valence electrons. The molecule has 30 heavy (non-hydrogen) atoms. The Morgan fingerprint density at radius 3 is 2.43 bits per heavy atom. The number of hydrogen-bond acceptors (Lipinski definition) is 3. The van der Waals surface area contributed by atoms with Gasteiger partial charge in [0.1, 0.15) is 0 Å². The number of carbonyl (C=O) groups excluding carboxylic acids is 2. The van der Waals surface area contributed by atoms with Crippen molar-refractivity contribution in [2.24, 2.45) is 11.3 Å². The quantitative estimate of drug-likeness (QED) is 0.761. The van der Waals surface area contributed by atoms with Gasteiger partial charge in [0.15, 0.2) is 0 Å². The van der Waals surface area contributed by atoms with Crippen LogP contribution in [0.15, 0.2) is 48.8 Å². The van der Waals surface area contributed by atoms with Crippen LogP contribution in [0.2, 0.25) is 0 Å². The molecule has 0 spiro atoms. The van der Waals surface area contributed by atoms with Crippen LogP contribution in [0.5, 0.6) is 0 Å². The van der Waals surface area contributed by atoms with Crippen LogP contribution in [0.25, 0.3) is 11.1 Å². The van der Waals surface area contributed by atoms with E-state index < -0.39 is 5.41 Å². The van der Waals surface area contributed by atoms with E-state index in [4.69, 9.17) is 0 Å². The van der Waals surface area contributed by atoms with Crippen molar-refractivity contribution in [1.29, 1.82) is 0 Å². The van der Waals surface area contributed by atoms with Gasteiger partial charge >= 0.3 is 0 Å². The molecule has 1 saturated heterocycles. The Morgan fingerprint density at radius 2 is 1.83 bits per heavy atom. The van der Waals surface area contributed by atoms with Gasteiger partial charge < -0.3 is 9.80 Å². The molecule has 1 aromatic carbocycles. The average molecular weight is 406 g/mol. The normalized spacial score (nSPS) is 18.5. The van der Waals surface area contributed by atoms with E-state index in [1.54, 1.807) is 11.1 Å². The van der Waals surface area contributed by atoms with E-state index in [9.17, 15) is 9.59 Å². The highest BCUT2D eigenvalue weighted by Gasteiger charge is 2.44. The van der Waals surface area contributed by atoms with Gasteiger partial charge in [-0.25, -0.2) is 0 Å². The number of rotatable bonds is 5. The Hall–Kier alpha value is -2.69. The number of piperidine rings is 1. The van der Waals surface area contributed by atoms with Crippen molar-refractivity contribution < 1.29 is 9.59 Å². The first kappa shape index (κ1) is 20.6. The summed E-state index contributed by atoms with van der Waals surface area (Å²) in [5.74, 6) is 0.676. The summed E-state index contributed by atoms with van der Waals surface area (Å²) in [6.07, 6.45) is 8.97. The molecule has 1 aliphatic heterocycles. The molecule has 2 aliphatic rings. The van der Waals surface area contributed by atoms with E-state index in [-0.39, 0.29) is 11.8 Å². The fourth-order valence-electron chi connectivity index (χ4n) is 4.85. The first-order chi connectivity index (χ1) is 14.5. The van der Waals surface area contributed by atoms with Crippen LogP contribution in [0.3, 0.4) is 0 Å². The Balaban J connectivity index is 1.59. The third kappa shape index (κ3) is 3.98. The number of amides is 2. The lowest BCUT2D eigenvalue weighted by Gasteiger charge is -2.44. The minimum atomic E-state index is -0.474. The molecule has 1 aliphatic carbocycles. The lowest BCUT2D eigenvalue weighted by Crippen LogP contribution is -2.52. The molecule has 0 N–H and O–H groups in total. The number of hydrogen-bond donors (Lipinski definition) is 0. The minimum absolute atomic E-state index is 0.166. The summed E-state index contributed by atoms with van der Waals surface area (Å²) in [7, 11) is 3.67. The Bertz CT molecular complexity index is 898. The van der Waals surface area contributed by atoms with Crippen LogP contribution in [0, 0.1) is 11.3 Å². The first-order valence-corrected chi connectivity index (χ1v) is 11.0. The van der Waals surface area contributed by atoms with Crippen LogP contribution in [0.4, 0.5) is 0 Å². The van der Waals surface area contributed by atoms with Crippen molar-refractivity contribution in [3.63, 3.8) is 0 Å². The van der Waals surface area contributed by atoms with Gasteiger partial charge in [-0.2, -0.15) is 0 Å². The zero-order valence-electron chi connectivity index (χ0n) is 18.0. The predicted octanol–water partition coefficient (Wildman–Crippen LogP) is 3.79. The maximum Gasteiger partial charge on any atom is 0.228 e. The van der Waals surface area contributed by atoms with Gasteiger partial charge in [-0.15, -0.1) is 0 Å². The maximum absolute atomic E-state index is 13.4. The van der Waals surface area contributed by atoms with E-state index >= 15 is 0 Å². The molecule has 0 unspecified atom stereocenters. The molecular formula is C25H31N3O2. The second kappa shape index (κ2) is 8.58. The van der Waals surface area contributed by atoms with Gasteiger partial charge in [0.2, 0.25) is 11.8 Å². The van der Waals surface area contributed by atoms with Gasteiger partial charge in [-0.3, -0.25) is 14.6 Å². The van der Waals surface area contributed by atoms with E-state index in [1.807, 2.05) is 43.4 Å². The Morgan fingerprint density at radius 1 is 1.10 bits per heavy atom. The topological polar surface area (TPSA) is 53.5 Å². The average Bonchev–Trinajstić information content (AvgIpc) is 2.73. The van der Waals surface area contributed by atoms with E-state index in [1.165, 1.54) is 12.0 Å². The molecule has 2 aromatic rings. The largest absolute Gasteiger partial charge is 0.348 e. The monoisotopic (exact) mass is 405 g/mol. The van der Waals surface area contributed by atoms with Crippen molar-refractivity contribution in [1.82, 2.24) is 14.8 Å². The fourth-order valence-corrected chi connectivity index (χ4v) is 4.85. The van der Waals surface area contributed by atoms with Gasteiger partial charge in [0, 0.05) is 51.1 Å². The van der Waals surface area contributed by atoms with E-state index in [0.717, 1.165) is 24.0 Å². The summed E-state index contributed by atoms with van der Waals surface area (Å²) in [4.78, 5) is 34.1. The number of benzene rings is 1. The van der Waals surface area contributed by atoms with Gasteiger partial charge in [0.05, 0.1) is 5.41 Å². The molecule has 2 heterocycles. The number of likely N-dealkylation sites (tertiary alicyclic amines) is 1. The smallest absolute Gasteiger partial charge is 0.228 e.